The number of thiocarbonyl (C=S) groups is 1. The number of rotatable bonds is 6. The Morgan fingerprint density at radius 3 is 2.61 bits per heavy atom. The largest absolute Gasteiger partial charge is 0.330 e. The number of nitrogens with one attached hydrogen (secondary N) is 2. The molecule has 0 aliphatic carbocycles. The lowest BCUT2D eigenvalue weighted by atomic mass is 10.2. The molecule has 0 fully saturated rings. The molecule has 0 atom stereocenters. The predicted octanol–water partition coefficient (Wildman–Crippen LogP) is 5.43. The molecule has 158 valence electrons. The molecule has 0 saturated carbocycles. The van der Waals surface area contributed by atoms with Gasteiger partial charge in [0.1, 0.15) is 5.82 Å². The molecule has 2 aromatic heterocycles. The summed E-state index contributed by atoms with van der Waals surface area (Å²) in [7, 11) is 0. The van der Waals surface area contributed by atoms with Gasteiger partial charge in [0, 0.05) is 34.1 Å². The average Bonchev–Trinajstić information content (AvgIpc) is 3.35. The Balaban J connectivity index is 1.33. The summed E-state index contributed by atoms with van der Waals surface area (Å²) >= 11 is 17.5. The van der Waals surface area contributed by atoms with E-state index >= 15 is 0 Å². The molecule has 0 aliphatic heterocycles. The molecule has 10 heteroatoms. The van der Waals surface area contributed by atoms with Gasteiger partial charge in [-0.3, -0.25) is 9.36 Å². The highest BCUT2D eigenvalue weighted by atomic mass is 35.5. The zero-order chi connectivity index (χ0) is 21.8. The van der Waals surface area contributed by atoms with Crippen molar-refractivity contribution in [3.8, 4) is 0 Å². The summed E-state index contributed by atoms with van der Waals surface area (Å²) in [4.78, 5) is 0. The van der Waals surface area contributed by atoms with Crippen LogP contribution in [-0.2, 0) is 13.1 Å². The van der Waals surface area contributed by atoms with Crippen LogP contribution in [0, 0.1) is 5.82 Å². The molecule has 0 aliphatic rings. The van der Waals surface area contributed by atoms with Crippen molar-refractivity contribution < 1.29 is 4.39 Å². The molecular formula is C21H17Cl2FN6S. The fourth-order valence-electron chi connectivity index (χ4n) is 2.94. The number of benzene rings is 2. The van der Waals surface area contributed by atoms with Crippen LogP contribution in [0.5, 0.6) is 0 Å². The molecule has 0 bridgehead atoms. The molecule has 4 aromatic rings. The van der Waals surface area contributed by atoms with Crippen LogP contribution in [0.25, 0.3) is 0 Å². The van der Waals surface area contributed by atoms with Crippen LogP contribution in [0.4, 0.5) is 15.9 Å². The fourth-order valence-corrected chi connectivity index (χ4v) is 3.63. The van der Waals surface area contributed by atoms with E-state index in [0.717, 1.165) is 5.56 Å². The standard InChI is InChI=1S/C21H17Cl2FN6S/c22-16-6-5-14(18(23)9-16)11-30-13-17(10-25-30)26-21(31)27-20-7-8-29(28-20)12-15-3-1-2-4-19(15)24/h1-10,13H,11-12H2,(H2,26,27,28,31). The maximum Gasteiger partial charge on any atom is 0.176 e. The van der Waals surface area contributed by atoms with Crippen molar-refractivity contribution in [1.82, 2.24) is 19.6 Å². The van der Waals surface area contributed by atoms with Crippen LogP contribution in [0.15, 0.2) is 67.1 Å². The zero-order valence-electron chi connectivity index (χ0n) is 16.1. The number of anilines is 2. The van der Waals surface area contributed by atoms with Crippen molar-refractivity contribution in [1.29, 1.82) is 0 Å². The second-order valence-corrected chi connectivity index (χ2v) is 7.98. The lowest BCUT2D eigenvalue weighted by Crippen LogP contribution is -2.19. The zero-order valence-corrected chi connectivity index (χ0v) is 18.4. The normalized spacial score (nSPS) is 10.8. The Morgan fingerprint density at radius 1 is 1.00 bits per heavy atom. The van der Waals surface area contributed by atoms with Crippen LogP contribution < -0.4 is 10.6 Å². The molecule has 0 radical (unpaired) electrons. The Kier molecular flexibility index (Phi) is 6.50. The van der Waals surface area contributed by atoms with Crippen LogP contribution in [0.2, 0.25) is 10.0 Å². The highest BCUT2D eigenvalue weighted by Crippen LogP contribution is 2.22. The summed E-state index contributed by atoms with van der Waals surface area (Å²) in [6, 6.07) is 13.7. The first-order valence-electron chi connectivity index (χ1n) is 9.27. The van der Waals surface area contributed by atoms with E-state index in [0.29, 0.717) is 45.3 Å². The lowest BCUT2D eigenvalue weighted by molar-refractivity contribution is 0.586. The van der Waals surface area contributed by atoms with Crippen molar-refractivity contribution in [2.24, 2.45) is 0 Å². The van der Waals surface area contributed by atoms with E-state index in [1.165, 1.54) is 6.07 Å². The van der Waals surface area contributed by atoms with Crippen molar-refractivity contribution in [2.75, 3.05) is 10.6 Å². The molecule has 0 spiro atoms. The van der Waals surface area contributed by atoms with Gasteiger partial charge in [0.25, 0.3) is 0 Å². The Bertz CT molecular complexity index is 1220. The Labute approximate surface area is 193 Å². The second kappa shape index (κ2) is 9.47. The van der Waals surface area contributed by atoms with Crippen LogP contribution >= 0.6 is 35.4 Å². The topological polar surface area (TPSA) is 59.7 Å². The first-order chi connectivity index (χ1) is 15.0. The summed E-state index contributed by atoms with van der Waals surface area (Å²) in [6.45, 7) is 0.826. The number of hydrogen-bond donors (Lipinski definition) is 2. The third kappa shape index (κ3) is 5.61. The van der Waals surface area contributed by atoms with Crippen molar-refractivity contribution in [2.45, 2.75) is 13.1 Å². The molecule has 31 heavy (non-hydrogen) atoms. The maximum atomic E-state index is 13.8. The van der Waals surface area contributed by atoms with Crippen LogP contribution in [-0.4, -0.2) is 24.7 Å². The van der Waals surface area contributed by atoms with Gasteiger partial charge in [0.05, 0.1) is 25.0 Å². The molecule has 4 rings (SSSR count). The highest BCUT2D eigenvalue weighted by Gasteiger charge is 2.08. The quantitative estimate of drug-likeness (QED) is 0.364. The van der Waals surface area contributed by atoms with Gasteiger partial charge in [-0.25, -0.2) is 4.39 Å². The lowest BCUT2D eigenvalue weighted by Gasteiger charge is -2.07. The summed E-state index contributed by atoms with van der Waals surface area (Å²) in [5.74, 6) is 0.288. The van der Waals surface area contributed by atoms with E-state index in [9.17, 15) is 4.39 Å². The third-order valence-electron chi connectivity index (χ3n) is 4.41. The molecule has 0 saturated heterocycles. The smallest absolute Gasteiger partial charge is 0.176 e. The van der Waals surface area contributed by atoms with Crippen molar-refractivity contribution in [3.05, 3.63) is 94.1 Å². The van der Waals surface area contributed by atoms with Crippen LogP contribution in [0.1, 0.15) is 11.1 Å². The minimum atomic E-state index is -0.262. The highest BCUT2D eigenvalue weighted by molar-refractivity contribution is 7.80. The predicted molar refractivity (Wildman–Crippen MR) is 125 cm³/mol. The van der Waals surface area contributed by atoms with Gasteiger partial charge < -0.3 is 10.6 Å². The number of aromatic nitrogens is 4. The SMILES string of the molecule is Fc1ccccc1Cn1ccc(NC(=S)Nc2cnn(Cc3ccc(Cl)cc3Cl)c2)n1. The van der Waals surface area contributed by atoms with E-state index in [1.54, 1.807) is 58.2 Å². The van der Waals surface area contributed by atoms with Gasteiger partial charge >= 0.3 is 0 Å². The molecular weight excluding hydrogens is 458 g/mol. The third-order valence-corrected chi connectivity index (χ3v) is 5.20. The van der Waals surface area contributed by atoms with Crippen molar-refractivity contribution >= 4 is 52.0 Å². The second-order valence-electron chi connectivity index (χ2n) is 6.73. The number of halogens is 3. The van der Waals surface area contributed by atoms with Gasteiger partial charge in [-0.2, -0.15) is 10.2 Å². The first kappa shape index (κ1) is 21.3. The van der Waals surface area contributed by atoms with Gasteiger partial charge in [-0.15, -0.1) is 0 Å². The summed E-state index contributed by atoms with van der Waals surface area (Å²) in [5, 5.41) is 16.3. The van der Waals surface area contributed by atoms with Gasteiger partial charge in [0.2, 0.25) is 0 Å². The first-order valence-corrected chi connectivity index (χ1v) is 10.4. The Hall–Kier alpha value is -2.94. The van der Waals surface area contributed by atoms with Gasteiger partial charge in [-0.1, -0.05) is 47.5 Å². The molecule has 6 nitrogen and oxygen atoms in total. The summed E-state index contributed by atoms with van der Waals surface area (Å²) in [6.07, 6.45) is 5.23. The maximum absolute atomic E-state index is 13.8. The minimum Gasteiger partial charge on any atom is -0.330 e. The molecule has 2 aromatic carbocycles. The Morgan fingerprint density at radius 2 is 1.81 bits per heavy atom. The molecule has 2 N–H and O–H groups in total. The van der Waals surface area contributed by atoms with Gasteiger partial charge in [-0.05, 0) is 36.0 Å². The van der Waals surface area contributed by atoms with E-state index in [-0.39, 0.29) is 5.82 Å². The van der Waals surface area contributed by atoms with E-state index < -0.39 is 0 Å². The van der Waals surface area contributed by atoms with Crippen LogP contribution in [0.3, 0.4) is 0 Å². The van der Waals surface area contributed by atoms with Crippen molar-refractivity contribution in [3.63, 3.8) is 0 Å². The van der Waals surface area contributed by atoms with E-state index in [1.807, 2.05) is 12.3 Å². The van der Waals surface area contributed by atoms with Gasteiger partial charge in [0.15, 0.2) is 10.9 Å². The summed E-state index contributed by atoms with van der Waals surface area (Å²) < 4.78 is 17.2. The number of nitrogens with zero attached hydrogens (tertiary/aromatic N) is 4. The molecule has 0 amide bonds. The minimum absolute atomic E-state index is 0.262. The van der Waals surface area contributed by atoms with E-state index in [4.69, 9.17) is 35.4 Å². The molecule has 2 heterocycles. The molecule has 0 unspecified atom stereocenters. The number of hydrogen-bond acceptors (Lipinski definition) is 3. The fraction of sp³-hybridized carbons (Fsp3) is 0.0952. The average molecular weight is 475 g/mol. The van der Waals surface area contributed by atoms with E-state index in [2.05, 4.69) is 20.8 Å². The summed E-state index contributed by atoms with van der Waals surface area (Å²) in [5.41, 5.74) is 2.18. The monoisotopic (exact) mass is 474 g/mol.